The van der Waals surface area contributed by atoms with Crippen molar-refractivity contribution in [2.24, 2.45) is 0 Å². The summed E-state index contributed by atoms with van der Waals surface area (Å²) in [5, 5.41) is 13.8. The molecule has 112 valence electrons. The number of aliphatic hydroxyl groups is 1. The predicted molar refractivity (Wildman–Crippen MR) is 75.2 cm³/mol. The standard InChI is InChI=1S/C14H16N2O4S/c1-8-14(9(2)20-15-8)21(18,19)16-13-11-6-4-3-5-10(11)7-12(13)17/h3-6,12-13,16-17H,7H2,1-2H3. The average Bonchev–Trinajstić information content (AvgIpc) is 2.91. The molecule has 0 spiro atoms. The first kappa shape index (κ1) is 14.2. The molecular weight excluding hydrogens is 292 g/mol. The van der Waals surface area contributed by atoms with Crippen LogP contribution in [0.3, 0.4) is 0 Å². The fourth-order valence-electron chi connectivity index (χ4n) is 2.80. The molecule has 1 aliphatic rings. The van der Waals surface area contributed by atoms with E-state index in [1.807, 2.05) is 24.3 Å². The SMILES string of the molecule is Cc1noc(C)c1S(=O)(=O)NC1c2ccccc2CC1O. The lowest BCUT2D eigenvalue weighted by Crippen LogP contribution is -2.34. The van der Waals surface area contributed by atoms with Crippen molar-refractivity contribution in [1.29, 1.82) is 0 Å². The molecule has 0 bridgehead atoms. The van der Waals surface area contributed by atoms with E-state index in [9.17, 15) is 13.5 Å². The quantitative estimate of drug-likeness (QED) is 0.889. The lowest BCUT2D eigenvalue weighted by Gasteiger charge is -2.17. The van der Waals surface area contributed by atoms with Crippen molar-refractivity contribution in [3.63, 3.8) is 0 Å². The lowest BCUT2D eigenvalue weighted by molar-refractivity contribution is 0.151. The van der Waals surface area contributed by atoms with E-state index >= 15 is 0 Å². The van der Waals surface area contributed by atoms with Crippen LogP contribution in [0.5, 0.6) is 0 Å². The number of aromatic nitrogens is 1. The molecule has 0 radical (unpaired) electrons. The number of hydrogen-bond acceptors (Lipinski definition) is 5. The monoisotopic (exact) mass is 308 g/mol. The van der Waals surface area contributed by atoms with Crippen molar-refractivity contribution in [1.82, 2.24) is 9.88 Å². The number of nitrogens with one attached hydrogen (secondary N) is 1. The number of hydrogen-bond donors (Lipinski definition) is 2. The van der Waals surface area contributed by atoms with Crippen LogP contribution in [-0.4, -0.2) is 24.8 Å². The van der Waals surface area contributed by atoms with Gasteiger partial charge in [-0.25, -0.2) is 13.1 Å². The van der Waals surface area contributed by atoms with Crippen LogP contribution < -0.4 is 4.72 Å². The van der Waals surface area contributed by atoms with Gasteiger partial charge in [0, 0.05) is 6.42 Å². The molecule has 2 aromatic rings. The fourth-order valence-corrected chi connectivity index (χ4v) is 4.38. The van der Waals surface area contributed by atoms with Gasteiger partial charge in [-0.3, -0.25) is 0 Å². The number of fused-ring (bicyclic) bond motifs is 1. The molecule has 1 aromatic heterocycles. The Kier molecular flexibility index (Phi) is 3.35. The number of sulfonamides is 1. The molecule has 1 heterocycles. The van der Waals surface area contributed by atoms with Crippen LogP contribution in [0.1, 0.15) is 28.6 Å². The summed E-state index contributed by atoms with van der Waals surface area (Å²) < 4.78 is 32.5. The Labute approximate surface area is 122 Å². The van der Waals surface area contributed by atoms with Crippen molar-refractivity contribution in [3.8, 4) is 0 Å². The molecule has 6 nitrogen and oxygen atoms in total. The average molecular weight is 308 g/mol. The van der Waals surface area contributed by atoms with Gasteiger partial charge < -0.3 is 9.63 Å². The normalized spacial score (nSPS) is 21.5. The molecule has 0 aliphatic heterocycles. The maximum Gasteiger partial charge on any atom is 0.246 e. The molecule has 2 unspecified atom stereocenters. The minimum atomic E-state index is -3.80. The van der Waals surface area contributed by atoms with E-state index in [1.54, 1.807) is 13.8 Å². The second-order valence-electron chi connectivity index (χ2n) is 5.22. The highest BCUT2D eigenvalue weighted by Gasteiger charge is 2.36. The van der Waals surface area contributed by atoms with E-state index in [1.165, 1.54) is 0 Å². The Bertz CT molecular complexity index is 763. The zero-order valence-corrected chi connectivity index (χ0v) is 12.5. The second kappa shape index (κ2) is 4.94. The largest absolute Gasteiger partial charge is 0.391 e. The highest BCUT2D eigenvalue weighted by Crippen LogP contribution is 2.33. The van der Waals surface area contributed by atoms with Gasteiger partial charge in [-0.05, 0) is 25.0 Å². The van der Waals surface area contributed by atoms with Gasteiger partial charge in [-0.1, -0.05) is 29.4 Å². The van der Waals surface area contributed by atoms with E-state index in [0.717, 1.165) is 11.1 Å². The van der Waals surface area contributed by atoms with Gasteiger partial charge in [0.1, 0.15) is 10.6 Å². The highest BCUT2D eigenvalue weighted by molar-refractivity contribution is 7.89. The molecule has 2 N–H and O–H groups in total. The Morgan fingerprint density at radius 3 is 2.71 bits per heavy atom. The highest BCUT2D eigenvalue weighted by atomic mass is 32.2. The molecule has 1 aliphatic carbocycles. The molecule has 0 saturated carbocycles. The van der Waals surface area contributed by atoms with Crippen molar-refractivity contribution in [3.05, 3.63) is 46.8 Å². The van der Waals surface area contributed by atoms with Gasteiger partial charge >= 0.3 is 0 Å². The molecule has 0 saturated heterocycles. The number of aryl methyl sites for hydroxylation is 2. The molecule has 2 atom stereocenters. The maximum absolute atomic E-state index is 12.5. The summed E-state index contributed by atoms with van der Waals surface area (Å²) in [5.41, 5.74) is 2.07. The summed E-state index contributed by atoms with van der Waals surface area (Å²) in [6.07, 6.45) is -0.344. The molecular formula is C14H16N2O4S. The Hall–Kier alpha value is -1.70. The second-order valence-corrected chi connectivity index (χ2v) is 6.87. The Morgan fingerprint density at radius 1 is 1.33 bits per heavy atom. The van der Waals surface area contributed by atoms with Crippen LogP contribution in [0, 0.1) is 13.8 Å². The topological polar surface area (TPSA) is 92.4 Å². The van der Waals surface area contributed by atoms with E-state index in [-0.39, 0.29) is 10.7 Å². The van der Waals surface area contributed by atoms with E-state index in [0.29, 0.717) is 12.1 Å². The smallest absolute Gasteiger partial charge is 0.246 e. The van der Waals surface area contributed by atoms with E-state index < -0.39 is 22.2 Å². The van der Waals surface area contributed by atoms with Crippen molar-refractivity contribution < 1.29 is 18.0 Å². The van der Waals surface area contributed by atoms with E-state index in [2.05, 4.69) is 9.88 Å². The van der Waals surface area contributed by atoms with Crippen molar-refractivity contribution in [2.45, 2.75) is 37.3 Å². The molecule has 0 fully saturated rings. The van der Waals surface area contributed by atoms with Crippen molar-refractivity contribution >= 4 is 10.0 Å². The number of benzene rings is 1. The molecule has 1 aromatic carbocycles. The van der Waals surface area contributed by atoms with E-state index in [4.69, 9.17) is 4.52 Å². The third kappa shape index (κ3) is 2.37. The van der Waals surface area contributed by atoms with Gasteiger partial charge in [0.25, 0.3) is 0 Å². The number of nitrogens with zero attached hydrogens (tertiary/aromatic N) is 1. The van der Waals surface area contributed by atoms with Gasteiger partial charge in [0.05, 0.1) is 12.1 Å². The third-order valence-corrected chi connectivity index (χ3v) is 5.41. The summed E-state index contributed by atoms with van der Waals surface area (Å²) in [4.78, 5) is 0.0408. The summed E-state index contributed by atoms with van der Waals surface area (Å²) in [5.74, 6) is 0.237. The van der Waals surface area contributed by atoms with Gasteiger partial charge in [0.15, 0.2) is 5.76 Å². The molecule has 0 amide bonds. The van der Waals surface area contributed by atoms with Crippen LogP contribution in [-0.2, 0) is 16.4 Å². The zero-order valence-electron chi connectivity index (χ0n) is 11.7. The first-order valence-corrected chi connectivity index (χ1v) is 8.09. The number of aliphatic hydroxyl groups excluding tert-OH is 1. The number of rotatable bonds is 3. The summed E-state index contributed by atoms with van der Waals surface area (Å²) in [6, 6.07) is 6.76. The van der Waals surface area contributed by atoms with Crippen LogP contribution in [0.25, 0.3) is 0 Å². The predicted octanol–water partition coefficient (Wildman–Crippen LogP) is 1.23. The first-order chi connectivity index (χ1) is 9.90. The van der Waals surface area contributed by atoms with Crippen LogP contribution in [0.15, 0.2) is 33.7 Å². The van der Waals surface area contributed by atoms with Crippen LogP contribution in [0.2, 0.25) is 0 Å². The van der Waals surface area contributed by atoms with Gasteiger partial charge in [-0.15, -0.1) is 0 Å². The summed E-state index contributed by atoms with van der Waals surface area (Å²) in [7, 11) is -3.80. The van der Waals surface area contributed by atoms with Crippen LogP contribution in [0.4, 0.5) is 0 Å². The third-order valence-electron chi connectivity index (χ3n) is 3.72. The fraction of sp³-hybridized carbons (Fsp3) is 0.357. The van der Waals surface area contributed by atoms with Crippen molar-refractivity contribution in [2.75, 3.05) is 0 Å². The van der Waals surface area contributed by atoms with Gasteiger partial charge in [-0.2, -0.15) is 0 Å². The zero-order chi connectivity index (χ0) is 15.2. The summed E-state index contributed by atoms with van der Waals surface area (Å²) in [6.45, 7) is 3.12. The minimum Gasteiger partial charge on any atom is -0.391 e. The van der Waals surface area contributed by atoms with Gasteiger partial charge in [0.2, 0.25) is 10.0 Å². The minimum absolute atomic E-state index is 0.0408. The Morgan fingerprint density at radius 2 is 2.05 bits per heavy atom. The van der Waals surface area contributed by atoms with Crippen LogP contribution >= 0.6 is 0 Å². The Balaban J connectivity index is 1.97. The molecule has 7 heteroatoms. The molecule has 3 rings (SSSR count). The summed E-state index contributed by atoms with van der Waals surface area (Å²) >= 11 is 0. The lowest BCUT2D eigenvalue weighted by atomic mass is 10.1. The first-order valence-electron chi connectivity index (χ1n) is 6.61. The maximum atomic E-state index is 12.5. The molecule has 21 heavy (non-hydrogen) atoms.